The lowest BCUT2D eigenvalue weighted by atomic mass is 9.84. The molecule has 3 N–H and O–H groups in total. The number of fused-ring (bicyclic) bond motifs is 3. The molecular formula is C28H34N2O5. The number of benzene rings is 2. The summed E-state index contributed by atoms with van der Waals surface area (Å²) in [5, 5.41) is 15.2. The Bertz CT molecular complexity index is 1020. The van der Waals surface area contributed by atoms with E-state index < -0.39 is 30.1 Å². The second-order valence-corrected chi connectivity index (χ2v) is 9.51. The number of carbonyl (C=O) groups is 3. The minimum Gasteiger partial charge on any atom is -0.481 e. The van der Waals surface area contributed by atoms with Crippen molar-refractivity contribution in [2.75, 3.05) is 6.61 Å². The van der Waals surface area contributed by atoms with Crippen molar-refractivity contribution in [2.24, 2.45) is 5.92 Å². The number of amides is 2. The van der Waals surface area contributed by atoms with Gasteiger partial charge in [0.05, 0.1) is 5.92 Å². The molecule has 0 aromatic heterocycles. The highest BCUT2D eigenvalue weighted by Gasteiger charge is 2.34. The third kappa shape index (κ3) is 5.66. The van der Waals surface area contributed by atoms with Crippen LogP contribution in [0.3, 0.4) is 0 Å². The fourth-order valence-corrected chi connectivity index (χ4v) is 5.34. The summed E-state index contributed by atoms with van der Waals surface area (Å²) in [4.78, 5) is 37.4. The van der Waals surface area contributed by atoms with Crippen LogP contribution < -0.4 is 10.6 Å². The SMILES string of the molecule is CCCCC(NC(=O)OCC1c2ccccc2-c2ccccc21)C(=O)N[C@H]1CCCC[C@H]1C(=O)O. The number of nitrogens with one attached hydrogen (secondary N) is 2. The first-order valence-corrected chi connectivity index (χ1v) is 12.6. The summed E-state index contributed by atoms with van der Waals surface area (Å²) < 4.78 is 5.63. The van der Waals surface area contributed by atoms with E-state index >= 15 is 0 Å². The minimum atomic E-state index is -0.885. The van der Waals surface area contributed by atoms with E-state index in [-0.39, 0.29) is 18.4 Å². The second-order valence-electron chi connectivity index (χ2n) is 9.51. The normalized spacial score (nSPS) is 19.8. The number of carboxylic acid groups (broad SMARTS) is 1. The minimum absolute atomic E-state index is 0.0605. The molecule has 2 aromatic rings. The first-order valence-electron chi connectivity index (χ1n) is 12.6. The van der Waals surface area contributed by atoms with E-state index in [1.54, 1.807) is 0 Å². The van der Waals surface area contributed by atoms with Crippen molar-refractivity contribution in [3.63, 3.8) is 0 Å². The average molecular weight is 479 g/mol. The Morgan fingerprint density at radius 1 is 1.00 bits per heavy atom. The number of unbranched alkanes of at least 4 members (excludes halogenated alkanes) is 1. The molecule has 0 bridgehead atoms. The Balaban J connectivity index is 1.39. The monoisotopic (exact) mass is 478 g/mol. The molecule has 1 unspecified atom stereocenters. The number of alkyl carbamates (subject to hydrolysis) is 1. The molecule has 1 fully saturated rings. The maximum absolute atomic E-state index is 13.0. The molecule has 0 saturated heterocycles. The standard InChI is InChI=1S/C28H34N2O5/c1-2-3-15-25(26(31)29-24-16-9-8-14-22(24)27(32)33)30-28(34)35-17-23-20-12-6-4-10-18(20)19-11-5-7-13-21(19)23/h4-7,10-13,22-25H,2-3,8-9,14-17H2,1H3,(H,29,31)(H,30,34)(H,32,33)/t22-,24+,25?/m1/s1. The summed E-state index contributed by atoms with van der Waals surface area (Å²) in [6.07, 6.45) is 4.38. The number of hydrogen-bond donors (Lipinski definition) is 3. The van der Waals surface area contributed by atoms with Gasteiger partial charge in [-0.2, -0.15) is 0 Å². The number of rotatable bonds is 9. The van der Waals surface area contributed by atoms with Crippen LogP contribution in [0.4, 0.5) is 4.79 Å². The number of carbonyl (C=O) groups excluding carboxylic acids is 2. The van der Waals surface area contributed by atoms with Crippen LogP contribution in [0.5, 0.6) is 0 Å². The predicted octanol–water partition coefficient (Wildman–Crippen LogP) is 4.84. The summed E-state index contributed by atoms with van der Waals surface area (Å²) in [5.41, 5.74) is 4.55. The van der Waals surface area contributed by atoms with Gasteiger partial charge in [0.15, 0.2) is 0 Å². The molecule has 4 rings (SSSR count). The Hall–Kier alpha value is -3.35. The van der Waals surface area contributed by atoms with E-state index in [2.05, 4.69) is 34.9 Å². The molecule has 2 aliphatic carbocycles. The van der Waals surface area contributed by atoms with Gasteiger partial charge in [-0.15, -0.1) is 0 Å². The van der Waals surface area contributed by atoms with E-state index in [0.29, 0.717) is 19.3 Å². The summed E-state index contributed by atoms with van der Waals surface area (Å²) in [5.74, 6) is -1.88. The number of aliphatic carboxylic acids is 1. The molecule has 2 amide bonds. The quantitative estimate of drug-likeness (QED) is 0.478. The number of hydrogen-bond acceptors (Lipinski definition) is 4. The zero-order valence-electron chi connectivity index (χ0n) is 20.2. The molecule has 0 heterocycles. The van der Waals surface area contributed by atoms with Crippen LogP contribution in [0.15, 0.2) is 48.5 Å². The van der Waals surface area contributed by atoms with Crippen molar-refractivity contribution in [3.05, 3.63) is 59.7 Å². The van der Waals surface area contributed by atoms with E-state index in [1.807, 2.05) is 31.2 Å². The van der Waals surface area contributed by atoms with Gasteiger partial charge in [-0.1, -0.05) is 81.1 Å². The smallest absolute Gasteiger partial charge is 0.407 e. The van der Waals surface area contributed by atoms with E-state index in [9.17, 15) is 19.5 Å². The molecule has 35 heavy (non-hydrogen) atoms. The van der Waals surface area contributed by atoms with Crippen molar-refractivity contribution < 1.29 is 24.2 Å². The van der Waals surface area contributed by atoms with Gasteiger partial charge >= 0.3 is 12.1 Å². The van der Waals surface area contributed by atoms with Crippen LogP contribution in [0, 0.1) is 5.92 Å². The first-order chi connectivity index (χ1) is 17.0. The van der Waals surface area contributed by atoms with Gasteiger partial charge in [0.2, 0.25) is 5.91 Å². The molecule has 1 saturated carbocycles. The highest BCUT2D eigenvalue weighted by molar-refractivity contribution is 5.86. The summed E-state index contributed by atoms with van der Waals surface area (Å²) in [6.45, 7) is 2.19. The van der Waals surface area contributed by atoms with Crippen LogP contribution in [-0.4, -0.2) is 41.8 Å². The third-order valence-electron chi connectivity index (χ3n) is 7.21. The number of carboxylic acids is 1. The molecule has 3 atom stereocenters. The van der Waals surface area contributed by atoms with Crippen molar-refractivity contribution in [2.45, 2.75) is 69.9 Å². The van der Waals surface area contributed by atoms with Crippen LogP contribution >= 0.6 is 0 Å². The zero-order valence-corrected chi connectivity index (χ0v) is 20.2. The Labute approximate surface area is 206 Å². The molecule has 0 spiro atoms. The lowest BCUT2D eigenvalue weighted by Gasteiger charge is -2.30. The lowest BCUT2D eigenvalue weighted by molar-refractivity contribution is -0.144. The van der Waals surface area contributed by atoms with Crippen molar-refractivity contribution in [1.82, 2.24) is 10.6 Å². The van der Waals surface area contributed by atoms with Gasteiger partial charge in [-0.05, 0) is 41.5 Å². The molecule has 186 valence electrons. The lowest BCUT2D eigenvalue weighted by Crippen LogP contribution is -2.53. The van der Waals surface area contributed by atoms with E-state index in [4.69, 9.17) is 4.74 Å². The van der Waals surface area contributed by atoms with E-state index in [0.717, 1.165) is 47.9 Å². The Morgan fingerprint density at radius 3 is 2.26 bits per heavy atom. The average Bonchev–Trinajstić information content (AvgIpc) is 3.19. The molecule has 2 aliphatic rings. The van der Waals surface area contributed by atoms with Crippen molar-refractivity contribution in [1.29, 1.82) is 0 Å². The molecule has 7 heteroatoms. The zero-order chi connectivity index (χ0) is 24.8. The van der Waals surface area contributed by atoms with Gasteiger partial charge < -0.3 is 20.5 Å². The summed E-state index contributed by atoms with van der Waals surface area (Å²) in [7, 11) is 0. The van der Waals surface area contributed by atoms with Gasteiger partial charge in [0.25, 0.3) is 0 Å². The molecule has 0 aliphatic heterocycles. The largest absolute Gasteiger partial charge is 0.481 e. The van der Waals surface area contributed by atoms with Gasteiger partial charge in [-0.25, -0.2) is 4.79 Å². The Kier molecular flexibility index (Phi) is 8.06. The molecule has 7 nitrogen and oxygen atoms in total. The van der Waals surface area contributed by atoms with E-state index in [1.165, 1.54) is 0 Å². The number of ether oxygens (including phenoxy) is 1. The van der Waals surface area contributed by atoms with Crippen molar-refractivity contribution in [3.8, 4) is 11.1 Å². The predicted molar refractivity (Wildman–Crippen MR) is 133 cm³/mol. The summed E-state index contributed by atoms with van der Waals surface area (Å²) in [6, 6.07) is 15.1. The third-order valence-corrected chi connectivity index (χ3v) is 7.21. The van der Waals surface area contributed by atoms with Crippen LogP contribution in [0.2, 0.25) is 0 Å². The van der Waals surface area contributed by atoms with Crippen LogP contribution in [-0.2, 0) is 14.3 Å². The molecule has 0 radical (unpaired) electrons. The van der Waals surface area contributed by atoms with Gasteiger partial charge in [-0.3, -0.25) is 9.59 Å². The molecule has 2 aromatic carbocycles. The topological polar surface area (TPSA) is 105 Å². The van der Waals surface area contributed by atoms with Gasteiger partial charge in [0, 0.05) is 12.0 Å². The fourth-order valence-electron chi connectivity index (χ4n) is 5.34. The van der Waals surface area contributed by atoms with Crippen LogP contribution in [0.25, 0.3) is 11.1 Å². The fraction of sp³-hybridized carbons (Fsp3) is 0.464. The maximum Gasteiger partial charge on any atom is 0.407 e. The van der Waals surface area contributed by atoms with Crippen LogP contribution in [0.1, 0.15) is 68.9 Å². The highest BCUT2D eigenvalue weighted by Crippen LogP contribution is 2.44. The maximum atomic E-state index is 13.0. The first kappa shape index (κ1) is 24.8. The molecular weight excluding hydrogens is 444 g/mol. The highest BCUT2D eigenvalue weighted by atomic mass is 16.5. The van der Waals surface area contributed by atoms with Crippen molar-refractivity contribution >= 4 is 18.0 Å². The Morgan fingerprint density at radius 2 is 1.63 bits per heavy atom. The second kappa shape index (κ2) is 11.4. The van der Waals surface area contributed by atoms with Gasteiger partial charge in [0.1, 0.15) is 12.6 Å². The summed E-state index contributed by atoms with van der Waals surface area (Å²) >= 11 is 0.